The maximum Gasteiger partial charge on any atom is 0.130 e. The monoisotopic (exact) mass is 243 g/mol. The third-order valence-electron chi connectivity index (χ3n) is 2.76. The highest BCUT2D eigenvalue weighted by molar-refractivity contribution is 5.28. The van der Waals surface area contributed by atoms with Crippen LogP contribution in [0.15, 0.2) is 48.7 Å². The first-order chi connectivity index (χ1) is 8.79. The number of hydrogen-bond acceptors (Lipinski definition) is 3. The van der Waals surface area contributed by atoms with E-state index in [9.17, 15) is 5.11 Å². The zero-order chi connectivity index (χ0) is 12.8. The van der Waals surface area contributed by atoms with Crippen LogP contribution < -0.4 is 4.74 Å². The average molecular weight is 243 g/mol. The highest BCUT2D eigenvalue weighted by Gasteiger charge is 2.04. The molecule has 0 aliphatic heterocycles. The lowest BCUT2D eigenvalue weighted by Gasteiger charge is -2.10. The molecule has 1 aromatic carbocycles. The zero-order valence-corrected chi connectivity index (χ0v) is 10.4. The van der Waals surface area contributed by atoms with Gasteiger partial charge in [0.25, 0.3) is 0 Å². The zero-order valence-electron chi connectivity index (χ0n) is 10.4. The Morgan fingerprint density at radius 1 is 1.17 bits per heavy atom. The summed E-state index contributed by atoms with van der Waals surface area (Å²) in [5, 5.41) is 9.68. The molecule has 0 amide bonds. The first kappa shape index (κ1) is 12.6. The van der Waals surface area contributed by atoms with Gasteiger partial charge in [-0.15, -0.1) is 0 Å². The molecule has 0 saturated heterocycles. The van der Waals surface area contributed by atoms with E-state index in [4.69, 9.17) is 4.74 Å². The van der Waals surface area contributed by atoms with E-state index in [0.717, 1.165) is 17.0 Å². The third-order valence-corrected chi connectivity index (χ3v) is 2.76. The van der Waals surface area contributed by atoms with E-state index in [-0.39, 0.29) is 0 Å². The van der Waals surface area contributed by atoms with E-state index < -0.39 is 6.10 Å². The van der Waals surface area contributed by atoms with Crippen LogP contribution in [0.1, 0.15) is 30.7 Å². The summed E-state index contributed by atoms with van der Waals surface area (Å²) in [5.74, 6) is 0.785. The van der Waals surface area contributed by atoms with Crippen LogP contribution in [0.3, 0.4) is 0 Å². The lowest BCUT2D eigenvalue weighted by Crippen LogP contribution is -1.98. The Morgan fingerprint density at radius 3 is 2.56 bits per heavy atom. The number of aromatic nitrogens is 1. The first-order valence-electron chi connectivity index (χ1n) is 6.10. The van der Waals surface area contributed by atoms with Crippen molar-refractivity contribution in [3.05, 3.63) is 59.9 Å². The minimum Gasteiger partial charge on any atom is -0.487 e. The molecule has 1 aromatic heterocycles. The minimum atomic E-state index is -0.394. The molecular weight excluding hydrogens is 226 g/mol. The van der Waals surface area contributed by atoms with Gasteiger partial charge in [0.1, 0.15) is 12.4 Å². The van der Waals surface area contributed by atoms with Crippen LogP contribution in [-0.4, -0.2) is 10.1 Å². The molecule has 2 aromatic rings. The SMILES string of the molecule is CC[C@@H](O)c1ccc(OCc2ccccn2)cc1. The van der Waals surface area contributed by atoms with E-state index in [1.807, 2.05) is 49.4 Å². The van der Waals surface area contributed by atoms with Gasteiger partial charge in [0, 0.05) is 6.20 Å². The summed E-state index contributed by atoms with van der Waals surface area (Å²) in [6.45, 7) is 2.41. The standard InChI is InChI=1S/C15H17NO2/c1-2-15(17)12-6-8-14(9-7-12)18-11-13-5-3-4-10-16-13/h3-10,15,17H,2,11H2,1H3/t15-/m1/s1. The molecule has 0 fully saturated rings. The van der Waals surface area contributed by atoms with Crippen molar-refractivity contribution in [1.29, 1.82) is 0 Å². The summed E-state index contributed by atoms with van der Waals surface area (Å²) in [6.07, 6.45) is 2.07. The van der Waals surface area contributed by atoms with E-state index in [1.165, 1.54) is 0 Å². The number of rotatable bonds is 5. The predicted molar refractivity (Wildman–Crippen MR) is 70.3 cm³/mol. The van der Waals surface area contributed by atoms with E-state index >= 15 is 0 Å². The molecule has 0 aliphatic carbocycles. The van der Waals surface area contributed by atoms with E-state index in [2.05, 4.69) is 4.98 Å². The molecule has 94 valence electrons. The van der Waals surface area contributed by atoms with Gasteiger partial charge in [-0.3, -0.25) is 4.98 Å². The van der Waals surface area contributed by atoms with Gasteiger partial charge in [-0.25, -0.2) is 0 Å². The van der Waals surface area contributed by atoms with Crippen LogP contribution in [0.2, 0.25) is 0 Å². The summed E-state index contributed by atoms with van der Waals surface area (Å²) in [5.41, 5.74) is 1.82. The number of aliphatic hydroxyl groups is 1. The topological polar surface area (TPSA) is 42.4 Å². The van der Waals surface area contributed by atoms with Crippen molar-refractivity contribution >= 4 is 0 Å². The Bertz CT molecular complexity index is 468. The first-order valence-corrected chi connectivity index (χ1v) is 6.10. The van der Waals surface area contributed by atoms with Gasteiger partial charge < -0.3 is 9.84 Å². The van der Waals surface area contributed by atoms with Crippen LogP contribution in [0.5, 0.6) is 5.75 Å². The van der Waals surface area contributed by atoms with Gasteiger partial charge in [0.2, 0.25) is 0 Å². The smallest absolute Gasteiger partial charge is 0.130 e. The fraction of sp³-hybridized carbons (Fsp3) is 0.267. The number of aliphatic hydroxyl groups excluding tert-OH is 1. The maximum atomic E-state index is 9.68. The fourth-order valence-corrected chi connectivity index (χ4v) is 1.66. The largest absolute Gasteiger partial charge is 0.487 e. The fourth-order valence-electron chi connectivity index (χ4n) is 1.66. The lowest BCUT2D eigenvalue weighted by atomic mass is 10.1. The van der Waals surface area contributed by atoms with Gasteiger partial charge in [0.15, 0.2) is 0 Å². The second-order valence-electron chi connectivity index (χ2n) is 4.10. The van der Waals surface area contributed by atoms with Gasteiger partial charge in [0.05, 0.1) is 11.8 Å². The lowest BCUT2D eigenvalue weighted by molar-refractivity contribution is 0.173. The number of hydrogen-bond donors (Lipinski definition) is 1. The summed E-state index contributed by atoms with van der Waals surface area (Å²) < 4.78 is 5.62. The highest BCUT2D eigenvalue weighted by atomic mass is 16.5. The van der Waals surface area contributed by atoms with Crippen LogP contribution >= 0.6 is 0 Å². The Morgan fingerprint density at radius 2 is 1.94 bits per heavy atom. The highest BCUT2D eigenvalue weighted by Crippen LogP contribution is 2.20. The molecule has 0 saturated carbocycles. The van der Waals surface area contributed by atoms with Crippen molar-refractivity contribution in [2.75, 3.05) is 0 Å². The molecule has 2 rings (SSSR count). The molecule has 0 radical (unpaired) electrons. The molecule has 1 heterocycles. The molecular formula is C15H17NO2. The number of pyridine rings is 1. The third kappa shape index (κ3) is 3.31. The summed E-state index contributed by atoms with van der Waals surface area (Å²) in [4.78, 5) is 4.19. The summed E-state index contributed by atoms with van der Waals surface area (Å²) >= 11 is 0. The summed E-state index contributed by atoms with van der Waals surface area (Å²) in [6, 6.07) is 13.3. The van der Waals surface area contributed by atoms with Crippen molar-refractivity contribution in [2.24, 2.45) is 0 Å². The van der Waals surface area contributed by atoms with Crippen LogP contribution in [0, 0.1) is 0 Å². The van der Waals surface area contributed by atoms with Crippen molar-refractivity contribution in [3.63, 3.8) is 0 Å². The Labute approximate surface area is 107 Å². The molecule has 3 nitrogen and oxygen atoms in total. The molecule has 0 unspecified atom stereocenters. The molecule has 3 heteroatoms. The molecule has 1 atom stereocenters. The van der Waals surface area contributed by atoms with Gasteiger partial charge in [-0.1, -0.05) is 25.1 Å². The normalized spacial score (nSPS) is 12.1. The Balaban J connectivity index is 1.94. The molecule has 0 aliphatic rings. The van der Waals surface area contributed by atoms with Crippen molar-refractivity contribution < 1.29 is 9.84 Å². The summed E-state index contributed by atoms with van der Waals surface area (Å²) in [7, 11) is 0. The Kier molecular flexibility index (Phi) is 4.31. The molecule has 18 heavy (non-hydrogen) atoms. The number of benzene rings is 1. The molecule has 0 bridgehead atoms. The second-order valence-corrected chi connectivity index (χ2v) is 4.10. The van der Waals surface area contributed by atoms with Crippen molar-refractivity contribution in [3.8, 4) is 5.75 Å². The molecule has 1 N–H and O–H groups in total. The number of ether oxygens (including phenoxy) is 1. The minimum absolute atomic E-state index is 0.394. The quantitative estimate of drug-likeness (QED) is 0.877. The van der Waals surface area contributed by atoms with Gasteiger partial charge in [-0.2, -0.15) is 0 Å². The van der Waals surface area contributed by atoms with Gasteiger partial charge in [-0.05, 0) is 36.2 Å². The van der Waals surface area contributed by atoms with Crippen LogP contribution in [0.25, 0.3) is 0 Å². The number of nitrogens with zero attached hydrogens (tertiary/aromatic N) is 1. The second kappa shape index (κ2) is 6.17. The van der Waals surface area contributed by atoms with Gasteiger partial charge >= 0.3 is 0 Å². The Hall–Kier alpha value is -1.87. The van der Waals surface area contributed by atoms with Crippen LogP contribution in [0.4, 0.5) is 0 Å². The van der Waals surface area contributed by atoms with Crippen LogP contribution in [-0.2, 0) is 6.61 Å². The maximum absolute atomic E-state index is 9.68. The average Bonchev–Trinajstić information content (AvgIpc) is 2.46. The van der Waals surface area contributed by atoms with Crippen molar-refractivity contribution in [1.82, 2.24) is 4.98 Å². The molecule has 0 spiro atoms. The van der Waals surface area contributed by atoms with Crippen molar-refractivity contribution in [2.45, 2.75) is 26.1 Å². The van der Waals surface area contributed by atoms with E-state index in [0.29, 0.717) is 13.0 Å². The predicted octanol–water partition coefficient (Wildman–Crippen LogP) is 3.10. The van der Waals surface area contributed by atoms with E-state index in [1.54, 1.807) is 6.20 Å².